The maximum Gasteiger partial charge on any atom is 0.365 e. The van der Waals surface area contributed by atoms with Crippen molar-refractivity contribution in [1.29, 1.82) is 0 Å². The van der Waals surface area contributed by atoms with E-state index in [4.69, 9.17) is 4.84 Å². The van der Waals surface area contributed by atoms with Crippen LogP contribution in [0.5, 0.6) is 0 Å². The van der Waals surface area contributed by atoms with Gasteiger partial charge in [-0.3, -0.25) is 20.2 Å². The fourth-order valence-electron chi connectivity index (χ4n) is 3.27. The largest absolute Gasteiger partial charge is 0.365 e. The molecule has 9 heteroatoms. The molecule has 0 saturated heterocycles. The lowest BCUT2D eigenvalue weighted by Gasteiger charge is -2.23. The third-order valence-electron chi connectivity index (χ3n) is 4.63. The summed E-state index contributed by atoms with van der Waals surface area (Å²) >= 11 is 0. The van der Waals surface area contributed by atoms with Gasteiger partial charge >= 0.3 is 5.97 Å². The maximum absolute atomic E-state index is 12.1. The normalized spacial score (nSPS) is 17.9. The van der Waals surface area contributed by atoms with Crippen molar-refractivity contribution >= 4 is 23.1 Å². The summed E-state index contributed by atoms with van der Waals surface area (Å²) in [4.78, 5) is 38.3. The predicted molar refractivity (Wildman–Crippen MR) is 100 cm³/mol. The van der Waals surface area contributed by atoms with E-state index in [0.29, 0.717) is 29.7 Å². The molecule has 1 atom stereocenters. The minimum Gasteiger partial charge on any atom is -0.313 e. The summed E-state index contributed by atoms with van der Waals surface area (Å²) < 4.78 is 0. The van der Waals surface area contributed by atoms with E-state index in [1.54, 1.807) is 30.3 Å². The minimum absolute atomic E-state index is 0.330. The molecule has 1 fully saturated rings. The highest BCUT2D eigenvalue weighted by atomic mass is 16.7. The first kappa shape index (κ1) is 19.2. The topological polar surface area (TPSA) is 125 Å². The first-order valence-corrected chi connectivity index (χ1v) is 8.73. The van der Waals surface area contributed by atoms with E-state index >= 15 is 0 Å². The van der Waals surface area contributed by atoms with Crippen LogP contribution in [0.4, 0.5) is 11.4 Å². The van der Waals surface area contributed by atoms with Crippen LogP contribution in [0.3, 0.4) is 0 Å². The van der Waals surface area contributed by atoms with Crippen LogP contribution in [-0.2, 0) is 4.84 Å². The van der Waals surface area contributed by atoms with Gasteiger partial charge in [-0.15, -0.1) is 0 Å². The van der Waals surface area contributed by atoms with Crippen molar-refractivity contribution in [2.45, 2.75) is 31.6 Å². The lowest BCUT2D eigenvalue weighted by atomic mass is 9.81. The van der Waals surface area contributed by atoms with E-state index < -0.39 is 21.7 Å². The summed E-state index contributed by atoms with van der Waals surface area (Å²) in [5, 5.41) is 26.4. The number of hydrogen-bond acceptors (Lipinski definition) is 7. The Labute approximate surface area is 159 Å². The van der Waals surface area contributed by atoms with Crippen LogP contribution >= 0.6 is 0 Å². The first-order chi connectivity index (χ1) is 13.5. The van der Waals surface area contributed by atoms with Crippen molar-refractivity contribution in [2.24, 2.45) is 5.16 Å². The van der Waals surface area contributed by atoms with Crippen molar-refractivity contribution in [3.63, 3.8) is 0 Å². The quantitative estimate of drug-likeness (QED) is 0.429. The summed E-state index contributed by atoms with van der Waals surface area (Å²) in [5.41, 5.74) is 0.529. The Kier molecular flexibility index (Phi) is 5.73. The molecule has 1 aliphatic rings. The lowest BCUT2D eigenvalue weighted by Crippen LogP contribution is -2.20. The molecule has 144 valence electrons. The second-order valence-electron chi connectivity index (χ2n) is 6.38. The zero-order valence-corrected chi connectivity index (χ0v) is 14.8. The first-order valence-electron chi connectivity index (χ1n) is 8.73. The molecule has 0 spiro atoms. The number of nitro groups is 2. The fraction of sp³-hybridized carbons (Fsp3) is 0.263. The van der Waals surface area contributed by atoms with E-state index in [0.717, 1.165) is 18.9 Å². The number of carbonyl (C=O) groups excluding carboxylic acids is 1. The van der Waals surface area contributed by atoms with Crippen LogP contribution in [0.25, 0.3) is 0 Å². The highest BCUT2D eigenvalue weighted by Gasteiger charge is 2.31. The Bertz CT molecular complexity index is 942. The number of rotatable bonds is 5. The van der Waals surface area contributed by atoms with Gasteiger partial charge in [0.1, 0.15) is 0 Å². The van der Waals surface area contributed by atoms with Crippen LogP contribution in [0.2, 0.25) is 0 Å². The molecule has 28 heavy (non-hydrogen) atoms. The van der Waals surface area contributed by atoms with Crippen LogP contribution in [0, 0.1) is 20.2 Å². The number of benzene rings is 2. The van der Waals surface area contributed by atoms with Crippen LogP contribution in [-0.4, -0.2) is 21.5 Å². The van der Waals surface area contributed by atoms with Crippen molar-refractivity contribution in [3.05, 3.63) is 79.9 Å². The molecule has 1 aliphatic carbocycles. The fourth-order valence-corrected chi connectivity index (χ4v) is 3.27. The summed E-state index contributed by atoms with van der Waals surface area (Å²) in [5.74, 6) is -1.05. The molecule has 0 bridgehead atoms. The molecule has 0 radical (unpaired) electrons. The molecule has 0 aliphatic heterocycles. The number of non-ortho nitro benzene ring substituents is 1. The van der Waals surface area contributed by atoms with Gasteiger partial charge in [0, 0.05) is 17.5 Å². The Balaban J connectivity index is 1.90. The second kappa shape index (κ2) is 8.38. The highest BCUT2D eigenvalue weighted by molar-refractivity contribution is 5.94. The molecule has 0 unspecified atom stereocenters. The van der Waals surface area contributed by atoms with Gasteiger partial charge in [-0.2, -0.15) is 0 Å². The van der Waals surface area contributed by atoms with E-state index in [-0.39, 0.29) is 11.4 Å². The van der Waals surface area contributed by atoms with Gasteiger partial charge in [0.25, 0.3) is 11.4 Å². The molecule has 2 aromatic carbocycles. The molecule has 9 nitrogen and oxygen atoms in total. The van der Waals surface area contributed by atoms with Gasteiger partial charge in [0.2, 0.25) is 0 Å². The van der Waals surface area contributed by atoms with Crippen LogP contribution in [0.15, 0.2) is 53.7 Å². The summed E-state index contributed by atoms with van der Waals surface area (Å²) in [7, 11) is 0. The van der Waals surface area contributed by atoms with E-state index in [1.807, 2.05) is 0 Å². The molecule has 0 heterocycles. The van der Waals surface area contributed by atoms with Crippen LogP contribution < -0.4 is 0 Å². The van der Waals surface area contributed by atoms with Gasteiger partial charge in [-0.25, -0.2) is 4.79 Å². The van der Waals surface area contributed by atoms with E-state index in [2.05, 4.69) is 5.16 Å². The van der Waals surface area contributed by atoms with E-state index in [9.17, 15) is 25.0 Å². The van der Waals surface area contributed by atoms with Gasteiger partial charge in [-0.05, 0) is 37.5 Å². The Morgan fingerprint density at radius 3 is 2.46 bits per heavy atom. The standard InChI is InChI=1S/C19H17N3O6/c23-19(13-6-2-1-3-7-13)28-20-17-9-5-4-8-15(17)16-11-10-14(21(24)25)12-18(16)22(26)27/h1-3,6-7,10-12,15H,4-5,8-9H2/b20-17-/t15-/m0/s1. The van der Waals surface area contributed by atoms with Gasteiger partial charge in [0.05, 0.1) is 27.2 Å². The molecule has 3 rings (SSSR count). The molecule has 0 amide bonds. The Morgan fingerprint density at radius 1 is 1.04 bits per heavy atom. The van der Waals surface area contributed by atoms with Crippen LogP contribution in [0.1, 0.15) is 47.5 Å². The summed E-state index contributed by atoms with van der Waals surface area (Å²) in [6, 6.07) is 12.0. The number of hydrogen-bond donors (Lipinski definition) is 0. The van der Waals surface area contributed by atoms with Crippen molar-refractivity contribution < 1.29 is 19.5 Å². The number of nitro benzene ring substituents is 2. The lowest BCUT2D eigenvalue weighted by molar-refractivity contribution is -0.394. The molecule has 2 aromatic rings. The number of oxime groups is 1. The van der Waals surface area contributed by atoms with Gasteiger partial charge in [-0.1, -0.05) is 29.8 Å². The smallest absolute Gasteiger partial charge is 0.313 e. The average molecular weight is 383 g/mol. The zero-order chi connectivity index (χ0) is 20.1. The van der Waals surface area contributed by atoms with Crippen molar-refractivity contribution in [2.75, 3.05) is 0 Å². The van der Waals surface area contributed by atoms with E-state index in [1.165, 1.54) is 12.1 Å². The Morgan fingerprint density at radius 2 is 1.79 bits per heavy atom. The third-order valence-corrected chi connectivity index (χ3v) is 4.63. The SMILES string of the molecule is O=C(O/N=C1/CCCC[C@H]1c1ccc([N+](=O)[O-])cc1[N+](=O)[O-])c1ccccc1. The highest BCUT2D eigenvalue weighted by Crippen LogP contribution is 2.37. The Hall–Kier alpha value is -3.62. The number of carbonyl (C=O) groups is 1. The second-order valence-corrected chi connectivity index (χ2v) is 6.38. The zero-order valence-electron chi connectivity index (χ0n) is 14.8. The molecular weight excluding hydrogens is 366 g/mol. The number of nitrogens with zero attached hydrogens (tertiary/aromatic N) is 3. The third kappa shape index (κ3) is 4.20. The molecule has 0 aromatic heterocycles. The van der Waals surface area contributed by atoms with Crippen molar-refractivity contribution in [1.82, 2.24) is 0 Å². The average Bonchev–Trinajstić information content (AvgIpc) is 2.72. The predicted octanol–water partition coefficient (Wildman–Crippen LogP) is 4.37. The summed E-state index contributed by atoms with van der Waals surface area (Å²) in [6.45, 7) is 0. The molecule has 1 saturated carbocycles. The summed E-state index contributed by atoms with van der Waals surface area (Å²) in [6.07, 6.45) is 2.75. The monoisotopic (exact) mass is 383 g/mol. The minimum atomic E-state index is -0.672. The molecular formula is C19H17N3O6. The van der Waals surface area contributed by atoms with Gasteiger partial charge in [0.15, 0.2) is 0 Å². The maximum atomic E-state index is 12.1. The van der Waals surface area contributed by atoms with Gasteiger partial charge < -0.3 is 4.84 Å². The van der Waals surface area contributed by atoms with Crippen molar-refractivity contribution in [3.8, 4) is 0 Å². The molecule has 0 N–H and O–H groups in total.